The third-order valence-electron chi connectivity index (χ3n) is 3.36. The molecule has 92 valence electrons. The summed E-state index contributed by atoms with van der Waals surface area (Å²) >= 11 is 0. The molecule has 3 heteroatoms. The Bertz CT molecular complexity index is 403. The van der Waals surface area contributed by atoms with Crippen molar-refractivity contribution in [2.75, 3.05) is 4.90 Å². The first-order chi connectivity index (χ1) is 8.24. The molecule has 1 fully saturated rings. The van der Waals surface area contributed by atoms with Gasteiger partial charge in [-0.2, -0.15) is 0 Å². The van der Waals surface area contributed by atoms with Gasteiger partial charge in [-0.05, 0) is 25.0 Å². The van der Waals surface area contributed by atoms with Gasteiger partial charge in [0.25, 0.3) is 0 Å². The molecule has 1 aliphatic rings. The van der Waals surface area contributed by atoms with Crippen molar-refractivity contribution in [3.8, 4) is 5.75 Å². The number of rotatable bonds is 4. The second-order valence-corrected chi connectivity index (χ2v) is 4.59. The molecule has 2 rings (SSSR count). The largest absolute Gasteiger partial charge is 0.506 e. The fourth-order valence-electron chi connectivity index (χ4n) is 2.46. The summed E-state index contributed by atoms with van der Waals surface area (Å²) in [4.78, 5) is 13.7. The molecule has 1 saturated heterocycles. The van der Waals surface area contributed by atoms with Gasteiger partial charge in [0, 0.05) is 12.5 Å². The summed E-state index contributed by atoms with van der Waals surface area (Å²) in [6, 6.07) is 7.35. The Morgan fingerprint density at radius 2 is 2.18 bits per heavy atom. The van der Waals surface area contributed by atoms with Crippen LogP contribution in [0.1, 0.15) is 39.0 Å². The minimum Gasteiger partial charge on any atom is -0.506 e. The normalized spacial score (nSPS) is 19.9. The fraction of sp³-hybridized carbons (Fsp3) is 0.500. The van der Waals surface area contributed by atoms with E-state index in [2.05, 4.69) is 6.92 Å². The van der Waals surface area contributed by atoms with Crippen molar-refractivity contribution in [2.24, 2.45) is 0 Å². The zero-order valence-electron chi connectivity index (χ0n) is 10.2. The maximum atomic E-state index is 11.9. The fourth-order valence-corrected chi connectivity index (χ4v) is 2.46. The Kier molecular flexibility index (Phi) is 3.67. The molecule has 1 aromatic carbocycles. The first-order valence-corrected chi connectivity index (χ1v) is 6.34. The van der Waals surface area contributed by atoms with E-state index < -0.39 is 0 Å². The molecule has 0 aliphatic carbocycles. The molecule has 1 aliphatic heterocycles. The van der Waals surface area contributed by atoms with Crippen molar-refractivity contribution in [1.29, 1.82) is 0 Å². The summed E-state index contributed by atoms with van der Waals surface area (Å²) in [5.41, 5.74) is 0.663. The first kappa shape index (κ1) is 12.0. The van der Waals surface area contributed by atoms with Crippen molar-refractivity contribution in [3.63, 3.8) is 0 Å². The Morgan fingerprint density at radius 3 is 2.88 bits per heavy atom. The molecule has 0 aromatic heterocycles. The third kappa shape index (κ3) is 2.43. The Balaban J connectivity index is 2.22. The van der Waals surface area contributed by atoms with Crippen LogP contribution in [0.5, 0.6) is 5.75 Å². The number of carbonyl (C=O) groups excluding carboxylic acids is 1. The van der Waals surface area contributed by atoms with Crippen LogP contribution >= 0.6 is 0 Å². The highest BCUT2D eigenvalue weighted by molar-refractivity contribution is 5.97. The summed E-state index contributed by atoms with van der Waals surface area (Å²) in [6.07, 6.45) is 4.80. The lowest BCUT2D eigenvalue weighted by Crippen LogP contribution is -2.32. The maximum Gasteiger partial charge on any atom is 0.227 e. The van der Waals surface area contributed by atoms with Crippen molar-refractivity contribution >= 4 is 11.6 Å². The highest BCUT2D eigenvalue weighted by atomic mass is 16.3. The SMILES string of the molecule is CCCCC1CCC(=O)N1c1ccccc1O. The van der Waals surface area contributed by atoms with Gasteiger partial charge >= 0.3 is 0 Å². The summed E-state index contributed by atoms with van der Waals surface area (Å²) in [5.74, 6) is 0.330. The van der Waals surface area contributed by atoms with Crippen LogP contribution < -0.4 is 4.90 Å². The maximum absolute atomic E-state index is 11.9. The van der Waals surface area contributed by atoms with E-state index in [1.165, 1.54) is 0 Å². The molecule has 1 heterocycles. The van der Waals surface area contributed by atoms with Crippen LogP contribution in [-0.2, 0) is 4.79 Å². The molecule has 0 radical (unpaired) electrons. The first-order valence-electron chi connectivity index (χ1n) is 6.34. The van der Waals surface area contributed by atoms with E-state index in [-0.39, 0.29) is 17.7 Å². The topological polar surface area (TPSA) is 40.5 Å². The van der Waals surface area contributed by atoms with Crippen molar-refractivity contribution < 1.29 is 9.90 Å². The number of phenolic OH excluding ortho intramolecular Hbond substituents is 1. The molecule has 1 atom stereocenters. The van der Waals surface area contributed by atoms with Gasteiger partial charge in [0.1, 0.15) is 5.75 Å². The number of hydrogen-bond donors (Lipinski definition) is 1. The van der Waals surface area contributed by atoms with Crippen molar-refractivity contribution in [2.45, 2.75) is 45.1 Å². The standard InChI is InChI=1S/C14H19NO2/c1-2-3-6-11-9-10-14(17)15(11)12-7-4-5-8-13(12)16/h4-5,7-8,11,16H,2-3,6,9-10H2,1H3. The van der Waals surface area contributed by atoms with Crippen LogP contribution in [-0.4, -0.2) is 17.1 Å². The molecule has 3 nitrogen and oxygen atoms in total. The van der Waals surface area contributed by atoms with Crippen molar-refractivity contribution in [1.82, 2.24) is 0 Å². The van der Waals surface area contributed by atoms with E-state index in [9.17, 15) is 9.90 Å². The van der Waals surface area contributed by atoms with Crippen LogP contribution in [0.4, 0.5) is 5.69 Å². The summed E-state index contributed by atoms with van der Waals surface area (Å²) in [7, 11) is 0. The number of carbonyl (C=O) groups is 1. The number of unbranched alkanes of at least 4 members (excludes halogenated alkanes) is 1. The number of nitrogens with zero attached hydrogens (tertiary/aromatic N) is 1. The van der Waals surface area contributed by atoms with Crippen LogP contribution in [0.3, 0.4) is 0 Å². The summed E-state index contributed by atoms with van der Waals surface area (Å²) in [5, 5.41) is 9.84. The monoisotopic (exact) mass is 233 g/mol. The zero-order valence-corrected chi connectivity index (χ0v) is 10.2. The molecule has 17 heavy (non-hydrogen) atoms. The van der Waals surface area contributed by atoms with E-state index in [1.54, 1.807) is 17.0 Å². The average molecular weight is 233 g/mol. The quantitative estimate of drug-likeness (QED) is 0.868. The number of phenols is 1. The number of para-hydroxylation sites is 2. The molecule has 0 saturated carbocycles. The Morgan fingerprint density at radius 1 is 1.41 bits per heavy atom. The molecule has 1 amide bonds. The van der Waals surface area contributed by atoms with E-state index in [0.29, 0.717) is 12.1 Å². The molecule has 0 bridgehead atoms. The molecule has 1 N–H and O–H groups in total. The predicted octanol–water partition coefficient (Wildman–Crippen LogP) is 3.08. The summed E-state index contributed by atoms with van der Waals surface area (Å²) in [6.45, 7) is 2.15. The Labute approximate surface area is 102 Å². The lowest BCUT2D eigenvalue weighted by Gasteiger charge is -2.25. The van der Waals surface area contributed by atoms with Gasteiger partial charge < -0.3 is 10.0 Å². The second kappa shape index (κ2) is 5.21. The highest BCUT2D eigenvalue weighted by Crippen LogP contribution is 2.34. The number of hydrogen-bond acceptors (Lipinski definition) is 2. The van der Waals surface area contributed by atoms with Gasteiger partial charge in [-0.1, -0.05) is 31.9 Å². The van der Waals surface area contributed by atoms with Gasteiger partial charge in [0.05, 0.1) is 5.69 Å². The Hall–Kier alpha value is -1.51. The van der Waals surface area contributed by atoms with Crippen LogP contribution in [0, 0.1) is 0 Å². The van der Waals surface area contributed by atoms with Crippen LogP contribution in [0.15, 0.2) is 24.3 Å². The van der Waals surface area contributed by atoms with Crippen LogP contribution in [0.2, 0.25) is 0 Å². The lowest BCUT2D eigenvalue weighted by molar-refractivity contribution is -0.117. The van der Waals surface area contributed by atoms with Gasteiger partial charge in [0.15, 0.2) is 0 Å². The number of anilines is 1. The summed E-state index contributed by atoms with van der Waals surface area (Å²) < 4.78 is 0. The number of benzene rings is 1. The zero-order chi connectivity index (χ0) is 12.3. The van der Waals surface area contributed by atoms with Gasteiger partial charge in [-0.25, -0.2) is 0 Å². The predicted molar refractivity (Wildman–Crippen MR) is 68.1 cm³/mol. The van der Waals surface area contributed by atoms with Gasteiger partial charge in [-0.3, -0.25) is 4.79 Å². The molecular formula is C14H19NO2. The van der Waals surface area contributed by atoms with E-state index in [0.717, 1.165) is 25.7 Å². The highest BCUT2D eigenvalue weighted by Gasteiger charge is 2.32. The van der Waals surface area contributed by atoms with E-state index in [1.807, 2.05) is 12.1 Å². The minimum atomic E-state index is 0.132. The van der Waals surface area contributed by atoms with Gasteiger partial charge in [0.2, 0.25) is 5.91 Å². The molecule has 1 unspecified atom stereocenters. The molecule has 1 aromatic rings. The number of aromatic hydroxyl groups is 1. The smallest absolute Gasteiger partial charge is 0.227 e. The third-order valence-corrected chi connectivity index (χ3v) is 3.36. The van der Waals surface area contributed by atoms with E-state index in [4.69, 9.17) is 0 Å². The molecule has 0 spiro atoms. The van der Waals surface area contributed by atoms with Gasteiger partial charge in [-0.15, -0.1) is 0 Å². The van der Waals surface area contributed by atoms with E-state index >= 15 is 0 Å². The average Bonchev–Trinajstić information content (AvgIpc) is 2.69. The lowest BCUT2D eigenvalue weighted by atomic mass is 10.1. The van der Waals surface area contributed by atoms with Crippen LogP contribution in [0.25, 0.3) is 0 Å². The second-order valence-electron chi connectivity index (χ2n) is 4.59. The number of amides is 1. The minimum absolute atomic E-state index is 0.132. The molecular weight excluding hydrogens is 214 g/mol. The van der Waals surface area contributed by atoms with Crippen molar-refractivity contribution in [3.05, 3.63) is 24.3 Å².